The van der Waals surface area contributed by atoms with Crippen LogP contribution in [-0.4, -0.2) is 46.9 Å². The SMILES string of the molecule is Cc1cc(NC(=O)NC2CN(Cc3ccccc3)CCC2CO)no1. The van der Waals surface area contributed by atoms with Crippen molar-refractivity contribution in [2.24, 2.45) is 5.92 Å². The summed E-state index contributed by atoms with van der Waals surface area (Å²) in [5.74, 6) is 1.07. The largest absolute Gasteiger partial charge is 0.396 e. The van der Waals surface area contributed by atoms with Crippen molar-refractivity contribution in [2.75, 3.05) is 25.0 Å². The Kier molecular flexibility index (Phi) is 5.67. The van der Waals surface area contributed by atoms with Crippen LogP contribution in [0.25, 0.3) is 0 Å². The number of carbonyl (C=O) groups is 1. The summed E-state index contributed by atoms with van der Waals surface area (Å²) in [6.07, 6.45) is 0.845. The number of nitrogens with zero attached hydrogens (tertiary/aromatic N) is 2. The fraction of sp³-hybridized carbons (Fsp3) is 0.444. The van der Waals surface area contributed by atoms with Crippen molar-refractivity contribution in [1.82, 2.24) is 15.4 Å². The maximum Gasteiger partial charge on any atom is 0.320 e. The zero-order valence-corrected chi connectivity index (χ0v) is 14.3. The van der Waals surface area contributed by atoms with Crippen LogP contribution in [0.4, 0.5) is 10.6 Å². The highest BCUT2D eigenvalue weighted by Gasteiger charge is 2.30. The Hall–Kier alpha value is -2.38. The summed E-state index contributed by atoms with van der Waals surface area (Å²) >= 11 is 0. The zero-order valence-electron chi connectivity index (χ0n) is 14.3. The van der Waals surface area contributed by atoms with Gasteiger partial charge in [0.25, 0.3) is 0 Å². The molecule has 1 aliphatic rings. The van der Waals surface area contributed by atoms with E-state index < -0.39 is 0 Å². The third kappa shape index (κ3) is 4.80. The zero-order chi connectivity index (χ0) is 17.6. The van der Waals surface area contributed by atoms with E-state index in [1.54, 1.807) is 13.0 Å². The molecule has 1 fully saturated rings. The number of rotatable bonds is 5. The van der Waals surface area contributed by atoms with Crippen LogP contribution >= 0.6 is 0 Å². The number of nitrogens with one attached hydrogen (secondary N) is 2. The van der Waals surface area contributed by atoms with Crippen molar-refractivity contribution >= 4 is 11.8 Å². The van der Waals surface area contributed by atoms with Gasteiger partial charge in [-0.05, 0) is 25.5 Å². The minimum atomic E-state index is -0.335. The number of carbonyl (C=O) groups excluding carboxylic acids is 1. The first kappa shape index (κ1) is 17.4. The van der Waals surface area contributed by atoms with Crippen LogP contribution < -0.4 is 10.6 Å². The number of amides is 2. The monoisotopic (exact) mass is 344 g/mol. The van der Waals surface area contributed by atoms with Crippen molar-refractivity contribution in [3.05, 3.63) is 47.7 Å². The van der Waals surface area contributed by atoms with Gasteiger partial charge in [-0.15, -0.1) is 0 Å². The molecule has 2 unspecified atom stereocenters. The topological polar surface area (TPSA) is 90.6 Å². The van der Waals surface area contributed by atoms with Gasteiger partial charge >= 0.3 is 6.03 Å². The Morgan fingerprint density at radius 1 is 1.40 bits per heavy atom. The summed E-state index contributed by atoms with van der Waals surface area (Å²) in [5, 5.41) is 19.0. The Morgan fingerprint density at radius 2 is 2.20 bits per heavy atom. The van der Waals surface area contributed by atoms with Crippen LogP contribution in [0.5, 0.6) is 0 Å². The molecule has 25 heavy (non-hydrogen) atoms. The standard InChI is InChI=1S/C18H24N4O3/c1-13-9-17(21-25-13)20-18(24)19-16-11-22(8-7-15(16)12-23)10-14-5-3-2-4-6-14/h2-6,9,15-16,23H,7-8,10-12H2,1H3,(H2,19,20,21,24). The summed E-state index contributed by atoms with van der Waals surface area (Å²) in [5.41, 5.74) is 1.24. The number of piperidine rings is 1. The average Bonchev–Trinajstić information content (AvgIpc) is 3.01. The normalized spacial score (nSPS) is 21.0. The Bertz CT molecular complexity index is 689. The smallest absolute Gasteiger partial charge is 0.320 e. The van der Waals surface area contributed by atoms with E-state index in [4.69, 9.17) is 4.52 Å². The summed E-state index contributed by atoms with van der Waals surface area (Å²) < 4.78 is 4.94. The summed E-state index contributed by atoms with van der Waals surface area (Å²) in [6.45, 7) is 4.27. The molecule has 7 nitrogen and oxygen atoms in total. The number of likely N-dealkylation sites (tertiary alicyclic amines) is 1. The molecule has 0 spiro atoms. The van der Waals surface area contributed by atoms with Gasteiger partial charge < -0.3 is 14.9 Å². The molecule has 3 rings (SSSR count). The number of hydrogen-bond donors (Lipinski definition) is 3. The molecule has 0 saturated carbocycles. The number of aliphatic hydroxyl groups is 1. The first-order valence-corrected chi connectivity index (χ1v) is 8.52. The Labute approximate surface area is 147 Å². The van der Waals surface area contributed by atoms with Gasteiger partial charge in [-0.1, -0.05) is 35.5 Å². The highest BCUT2D eigenvalue weighted by molar-refractivity contribution is 5.88. The average molecular weight is 344 g/mol. The van der Waals surface area contributed by atoms with Gasteiger partial charge in [0, 0.05) is 37.7 Å². The van der Waals surface area contributed by atoms with Crippen LogP contribution in [0, 0.1) is 12.8 Å². The molecule has 0 aliphatic carbocycles. The van der Waals surface area contributed by atoms with Gasteiger partial charge in [-0.25, -0.2) is 4.79 Å². The molecular formula is C18H24N4O3. The van der Waals surface area contributed by atoms with Crippen LogP contribution in [-0.2, 0) is 6.54 Å². The van der Waals surface area contributed by atoms with Gasteiger partial charge in [-0.3, -0.25) is 10.2 Å². The summed E-state index contributed by atoms with van der Waals surface area (Å²) in [7, 11) is 0. The fourth-order valence-electron chi connectivity index (χ4n) is 3.18. The molecule has 2 heterocycles. The van der Waals surface area contributed by atoms with E-state index in [2.05, 4.69) is 32.8 Å². The third-order valence-electron chi connectivity index (χ3n) is 4.51. The fourth-order valence-corrected chi connectivity index (χ4v) is 3.18. The van der Waals surface area contributed by atoms with Crippen molar-refractivity contribution in [3.63, 3.8) is 0 Å². The van der Waals surface area contributed by atoms with E-state index in [-0.39, 0.29) is 24.6 Å². The molecule has 2 amide bonds. The number of benzene rings is 1. The highest BCUT2D eigenvalue weighted by Crippen LogP contribution is 2.19. The van der Waals surface area contributed by atoms with Crippen molar-refractivity contribution in [2.45, 2.75) is 25.9 Å². The first-order valence-electron chi connectivity index (χ1n) is 8.52. The van der Waals surface area contributed by atoms with Gasteiger partial charge in [0.15, 0.2) is 5.82 Å². The molecule has 1 saturated heterocycles. The lowest BCUT2D eigenvalue weighted by Gasteiger charge is -2.38. The minimum Gasteiger partial charge on any atom is -0.396 e. The minimum absolute atomic E-state index is 0.0526. The second-order valence-corrected chi connectivity index (χ2v) is 6.48. The molecule has 0 radical (unpaired) electrons. The molecule has 1 aliphatic heterocycles. The molecule has 1 aromatic carbocycles. The van der Waals surface area contributed by atoms with Gasteiger partial charge in [0.05, 0.1) is 0 Å². The van der Waals surface area contributed by atoms with E-state index in [0.29, 0.717) is 18.1 Å². The van der Waals surface area contributed by atoms with E-state index >= 15 is 0 Å². The quantitative estimate of drug-likeness (QED) is 0.772. The molecular weight excluding hydrogens is 320 g/mol. The van der Waals surface area contributed by atoms with Crippen LogP contribution in [0.2, 0.25) is 0 Å². The van der Waals surface area contributed by atoms with Crippen LogP contribution in [0.1, 0.15) is 17.7 Å². The van der Waals surface area contributed by atoms with Crippen molar-refractivity contribution < 1.29 is 14.4 Å². The molecule has 2 aromatic rings. The molecule has 2 atom stereocenters. The third-order valence-corrected chi connectivity index (χ3v) is 4.51. The van der Waals surface area contributed by atoms with E-state index in [9.17, 15) is 9.90 Å². The first-order chi connectivity index (χ1) is 12.1. The van der Waals surface area contributed by atoms with E-state index in [1.165, 1.54) is 5.56 Å². The lowest BCUT2D eigenvalue weighted by Crippen LogP contribution is -2.54. The van der Waals surface area contributed by atoms with Gasteiger partial charge in [0.1, 0.15) is 5.76 Å². The molecule has 134 valence electrons. The Morgan fingerprint density at radius 3 is 2.88 bits per heavy atom. The lowest BCUT2D eigenvalue weighted by molar-refractivity contribution is 0.0958. The van der Waals surface area contributed by atoms with Crippen LogP contribution in [0.3, 0.4) is 0 Å². The van der Waals surface area contributed by atoms with Gasteiger partial charge in [0.2, 0.25) is 0 Å². The second kappa shape index (κ2) is 8.13. The number of hydrogen-bond acceptors (Lipinski definition) is 5. The molecule has 1 aromatic heterocycles. The van der Waals surface area contributed by atoms with E-state index in [0.717, 1.165) is 19.5 Å². The van der Waals surface area contributed by atoms with E-state index in [1.807, 2.05) is 18.2 Å². The lowest BCUT2D eigenvalue weighted by atomic mass is 9.92. The number of urea groups is 1. The molecule has 7 heteroatoms. The number of anilines is 1. The van der Waals surface area contributed by atoms with Crippen molar-refractivity contribution in [1.29, 1.82) is 0 Å². The number of aromatic nitrogens is 1. The maximum absolute atomic E-state index is 12.2. The predicted octanol–water partition coefficient (Wildman–Crippen LogP) is 1.99. The predicted molar refractivity (Wildman–Crippen MR) is 94.1 cm³/mol. The van der Waals surface area contributed by atoms with Gasteiger partial charge in [-0.2, -0.15) is 0 Å². The second-order valence-electron chi connectivity index (χ2n) is 6.48. The van der Waals surface area contributed by atoms with Crippen molar-refractivity contribution in [3.8, 4) is 0 Å². The molecule has 3 N–H and O–H groups in total. The Balaban J connectivity index is 1.57. The summed E-state index contributed by atoms with van der Waals surface area (Å²) in [4.78, 5) is 14.5. The highest BCUT2D eigenvalue weighted by atomic mass is 16.5. The number of aliphatic hydroxyl groups excluding tert-OH is 1. The molecule has 0 bridgehead atoms. The van der Waals surface area contributed by atoms with Crippen LogP contribution in [0.15, 0.2) is 40.9 Å². The maximum atomic E-state index is 12.2. The number of aryl methyl sites for hydroxylation is 1. The summed E-state index contributed by atoms with van der Waals surface area (Å²) in [6, 6.07) is 11.5.